The van der Waals surface area contributed by atoms with E-state index in [2.05, 4.69) is 51.8 Å². The molecule has 2 heteroatoms. The molecule has 2 nitrogen and oxygen atoms in total. The summed E-state index contributed by atoms with van der Waals surface area (Å²) in [6, 6.07) is 4.74. The zero-order valence-corrected chi connectivity index (χ0v) is 11.9. The Kier molecular flexibility index (Phi) is 5.01. The molecule has 0 amide bonds. The molecule has 1 atom stereocenters. The Hall–Kier alpha value is -1.02. The standard InChI is InChI=1S/C15H26N2/c1-11-8-9-15(14(4)13(11)3)17(5)10-6-7-12(2)16/h8-9,12H,6-7,10,16H2,1-5H3. The largest absolute Gasteiger partial charge is 0.374 e. The van der Waals surface area contributed by atoms with E-state index in [0.717, 1.165) is 19.4 Å². The molecular weight excluding hydrogens is 208 g/mol. The molecule has 0 radical (unpaired) electrons. The van der Waals surface area contributed by atoms with Gasteiger partial charge in [-0.15, -0.1) is 0 Å². The SMILES string of the molecule is Cc1ccc(N(C)CCCC(C)N)c(C)c1C. The van der Waals surface area contributed by atoms with Crippen LogP contribution in [0.15, 0.2) is 12.1 Å². The van der Waals surface area contributed by atoms with Gasteiger partial charge in [0.25, 0.3) is 0 Å². The second-order valence-electron chi connectivity index (χ2n) is 5.19. The first-order valence-electron chi connectivity index (χ1n) is 6.47. The minimum atomic E-state index is 0.309. The topological polar surface area (TPSA) is 29.3 Å². The van der Waals surface area contributed by atoms with Crippen LogP contribution in [-0.4, -0.2) is 19.6 Å². The predicted molar refractivity (Wildman–Crippen MR) is 76.8 cm³/mol. The third-order valence-corrected chi connectivity index (χ3v) is 3.59. The normalized spacial score (nSPS) is 12.6. The Labute approximate surface area is 106 Å². The lowest BCUT2D eigenvalue weighted by molar-refractivity contribution is 0.621. The number of nitrogens with two attached hydrogens (primary N) is 1. The Morgan fingerprint density at radius 2 is 1.82 bits per heavy atom. The molecule has 1 rings (SSSR count). The molecule has 0 aromatic heterocycles. The number of hydrogen-bond acceptors (Lipinski definition) is 2. The summed E-state index contributed by atoms with van der Waals surface area (Å²) >= 11 is 0. The fraction of sp³-hybridized carbons (Fsp3) is 0.600. The van der Waals surface area contributed by atoms with Crippen LogP contribution in [0.25, 0.3) is 0 Å². The van der Waals surface area contributed by atoms with Gasteiger partial charge in [0, 0.05) is 25.3 Å². The van der Waals surface area contributed by atoms with Crippen LogP contribution in [0.4, 0.5) is 5.69 Å². The summed E-state index contributed by atoms with van der Waals surface area (Å²) in [6.45, 7) is 9.72. The van der Waals surface area contributed by atoms with Crippen molar-refractivity contribution in [3.05, 3.63) is 28.8 Å². The van der Waals surface area contributed by atoms with E-state index in [1.165, 1.54) is 22.4 Å². The summed E-state index contributed by atoms with van der Waals surface area (Å²) in [5.74, 6) is 0. The zero-order chi connectivity index (χ0) is 13.0. The van der Waals surface area contributed by atoms with Crippen LogP contribution in [0.2, 0.25) is 0 Å². The third-order valence-electron chi connectivity index (χ3n) is 3.59. The van der Waals surface area contributed by atoms with Crippen molar-refractivity contribution in [2.24, 2.45) is 5.73 Å². The van der Waals surface area contributed by atoms with Crippen molar-refractivity contribution in [3.63, 3.8) is 0 Å². The minimum absolute atomic E-state index is 0.309. The molecule has 0 bridgehead atoms. The van der Waals surface area contributed by atoms with Crippen molar-refractivity contribution >= 4 is 5.69 Å². The Bertz CT molecular complexity index is 369. The van der Waals surface area contributed by atoms with Gasteiger partial charge in [-0.2, -0.15) is 0 Å². The number of aryl methyl sites for hydroxylation is 1. The number of nitrogens with zero attached hydrogens (tertiary/aromatic N) is 1. The fourth-order valence-electron chi connectivity index (χ4n) is 2.13. The van der Waals surface area contributed by atoms with Gasteiger partial charge < -0.3 is 10.6 Å². The molecule has 0 aliphatic rings. The highest BCUT2D eigenvalue weighted by atomic mass is 15.1. The summed E-state index contributed by atoms with van der Waals surface area (Å²) in [5, 5.41) is 0. The van der Waals surface area contributed by atoms with Crippen LogP contribution >= 0.6 is 0 Å². The summed E-state index contributed by atoms with van der Waals surface area (Å²) in [6.07, 6.45) is 2.24. The van der Waals surface area contributed by atoms with Gasteiger partial charge in [-0.05, 0) is 63.3 Å². The van der Waals surface area contributed by atoms with Gasteiger partial charge in [0.2, 0.25) is 0 Å². The number of rotatable bonds is 5. The van der Waals surface area contributed by atoms with Crippen LogP contribution in [0.1, 0.15) is 36.5 Å². The minimum Gasteiger partial charge on any atom is -0.374 e. The van der Waals surface area contributed by atoms with Gasteiger partial charge in [0.05, 0.1) is 0 Å². The third kappa shape index (κ3) is 3.74. The lowest BCUT2D eigenvalue weighted by Gasteiger charge is -2.23. The zero-order valence-electron chi connectivity index (χ0n) is 11.9. The van der Waals surface area contributed by atoms with Crippen molar-refractivity contribution in [1.29, 1.82) is 0 Å². The van der Waals surface area contributed by atoms with E-state index in [0.29, 0.717) is 6.04 Å². The first-order valence-corrected chi connectivity index (χ1v) is 6.47. The average Bonchev–Trinajstić information content (AvgIpc) is 2.25. The number of anilines is 1. The molecule has 0 heterocycles. The van der Waals surface area contributed by atoms with Crippen molar-refractivity contribution in [2.75, 3.05) is 18.5 Å². The molecular formula is C15H26N2. The molecule has 1 aromatic rings. The number of hydrogen-bond donors (Lipinski definition) is 1. The van der Waals surface area contributed by atoms with Gasteiger partial charge in [-0.1, -0.05) is 6.07 Å². The molecule has 96 valence electrons. The summed E-state index contributed by atoms with van der Waals surface area (Å²) in [4.78, 5) is 2.34. The second kappa shape index (κ2) is 6.06. The lowest BCUT2D eigenvalue weighted by atomic mass is 10.0. The van der Waals surface area contributed by atoms with E-state index in [1.54, 1.807) is 0 Å². The molecule has 0 spiro atoms. The Balaban J connectivity index is 2.69. The molecule has 1 aromatic carbocycles. The molecule has 0 saturated carbocycles. The summed E-state index contributed by atoms with van der Waals surface area (Å²) in [7, 11) is 2.16. The van der Waals surface area contributed by atoms with Crippen molar-refractivity contribution in [3.8, 4) is 0 Å². The molecule has 1 unspecified atom stereocenters. The lowest BCUT2D eigenvalue weighted by Crippen LogP contribution is -2.22. The summed E-state index contributed by atoms with van der Waals surface area (Å²) < 4.78 is 0. The molecule has 2 N–H and O–H groups in total. The van der Waals surface area contributed by atoms with Crippen LogP contribution in [-0.2, 0) is 0 Å². The highest BCUT2D eigenvalue weighted by Gasteiger charge is 2.08. The molecule has 0 saturated heterocycles. The van der Waals surface area contributed by atoms with Gasteiger partial charge in [0.15, 0.2) is 0 Å². The van der Waals surface area contributed by atoms with Crippen molar-refractivity contribution in [1.82, 2.24) is 0 Å². The monoisotopic (exact) mass is 234 g/mol. The quantitative estimate of drug-likeness (QED) is 0.848. The second-order valence-corrected chi connectivity index (χ2v) is 5.19. The predicted octanol–water partition coefficient (Wildman–Crippen LogP) is 3.18. The van der Waals surface area contributed by atoms with Crippen molar-refractivity contribution in [2.45, 2.75) is 46.6 Å². The Morgan fingerprint density at radius 1 is 1.18 bits per heavy atom. The average molecular weight is 234 g/mol. The van der Waals surface area contributed by atoms with E-state index in [-0.39, 0.29) is 0 Å². The van der Waals surface area contributed by atoms with Gasteiger partial charge >= 0.3 is 0 Å². The maximum atomic E-state index is 5.77. The molecule has 17 heavy (non-hydrogen) atoms. The molecule has 0 fully saturated rings. The maximum absolute atomic E-state index is 5.77. The van der Waals surface area contributed by atoms with Crippen LogP contribution in [0, 0.1) is 20.8 Å². The first-order chi connectivity index (χ1) is 7.93. The van der Waals surface area contributed by atoms with Gasteiger partial charge in [-0.3, -0.25) is 0 Å². The van der Waals surface area contributed by atoms with E-state index in [4.69, 9.17) is 5.73 Å². The van der Waals surface area contributed by atoms with E-state index >= 15 is 0 Å². The molecule has 0 aliphatic carbocycles. The van der Waals surface area contributed by atoms with E-state index in [9.17, 15) is 0 Å². The van der Waals surface area contributed by atoms with Gasteiger partial charge in [0.1, 0.15) is 0 Å². The fourth-order valence-corrected chi connectivity index (χ4v) is 2.13. The van der Waals surface area contributed by atoms with Crippen LogP contribution < -0.4 is 10.6 Å². The first kappa shape index (κ1) is 14.0. The summed E-state index contributed by atoms with van der Waals surface area (Å²) in [5.41, 5.74) is 11.3. The highest BCUT2D eigenvalue weighted by molar-refractivity contribution is 5.57. The Morgan fingerprint density at radius 3 is 2.41 bits per heavy atom. The molecule has 0 aliphatic heterocycles. The smallest absolute Gasteiger partial charge is 0.0396 e. The highest BCUT2D eigenvalue weighted by Crippen LogP contribution is 2.24. The van der Waals surface area contributed by atoms with Gasteiger partial charge in [-0.25, -0.2) is 0 Å². The van der Waals surface area contributed by atoms with Crippen molar-refractivity contribution < 1.29 is 0 Å². The van der Waals surface area contributed by atoms with E-state index in [1.807, 2.05) is 0 Å². The number of benzene rings is 1. The van der Waals surface area contributed by atoms with Crippen LogP contribution in [0.5, 0.6) is 0 Å². The van der Waals surface area contributed by atoms with E-state index < -0.39 is 0 Å². The maximum Gasteiger partial charge on any atom is 0.0396 e. The van der Waals surface area contributed by atoms with Crippen LogP contribution in [0.3, 0.4) is 0 Å².